The predicted octanol–water partition coefficient (Wildman–Crippen LogP) is 0.554. The van der Waals surface area contributed by atoms with E-state index in [2.05, 4.69) is 20.8 Å². The molecule has 7 nitrogen and oxygen atoms in total. The van der Waals surface area contributed by atoms with Gasteiger partial charge in [-0.15, -0.1) is 0 Å². The summed E-state index contributed by atoms with van der Waals surface area (Å²) in [6.07, 6.45) is 4.54. The fraction of sp³-hybridized carbons (Fsp3) is 0.0667. The van der Waals surface area contributed by atoms with Crippen LogP contribution in [0.2, 0.25) is 0 Å². The lowest BCUT2D eigenvalue weighted by Crippen LogP contribution is -2.37. The Balaban J connectivity index is 1.80. The van der Waals surface area contributed by atoms with Gasteiger partial charge in [0.05, 0.1) is 6.21 Å². The Morgan fingerprint density at radius 2 is 2.09 bits per heavy atom. The number of hydrogen-bond acceptors (Lipinski definition) is 5. The fourth-order valence-electron chi connectivity index (χ4n) is 1.59. The molecule has 2 rings (SSSR count). The minimum atomic E-state index is -0.875. The van der Waals surface area contributed by atoms with Crippen molar-refractivity contribution in [1.29, 1.82) is 0 Å². The second-order valence-corrected chi connectivity index (χ2v) is 4.34. The molecule has 7 heteroatoms. The van der Waals surface area contributed by atoms with Gasteiger partial charge in [0.25, 0.3) is 0 Å². The third-order valence-electron chi connectivity index (χ3n) is 2.63. The van der Waals surface area contributed by atoms with Crippen molar-refractivity contribution in [2.75, 3.05) is 0 Å². The average Bonchev–Trinajstić information content (AvgIpc) is 2.53. The molecule has 22 heavy (non-hydrogen) atoms. The van der Waals surface area contributed by atoms with Crippen molar-refractivity contribution in [2.45, 2.75) is 6.54 Å². The smallest absolute Gasteiger partial charge is 0.329 e. The Kier molecular flexibility index (Phi) is 5.20. The van der Waals surface area contributed by atoms with Crippen LogP contribution in [-0.4, -0.2) is 28.1 Å². The Labute approximate surface area is 126 Å². The van der Waals surface area contributed by atoms with Gasteiger partial charge in [-0.2, -0.15) is 5.10 Å². The van der Waals surface area contributed by atoms with E-state index in [1.54, 1.807) is 36.7 Å². The van der Waals surface area contributed by atoms with Crippen LogP contribution >= 0.6 is 0 Å². The first kappa shape index (κ1) is 15.2. The SMILES string of the molecule is O=C(NCc1cccnc1)C(=O)N/N=C\c1cccc(O)c1. The summed E-state index contributed by atoms with van der Waals surface area (Å²) in [5.41, 5.74) is 3.49. The van der Waals surface area contributed by atoms with Crippen molar-refractivity contribution in [2.24, 2.45) is 5.10 Å². The number of hydrogen-bond donors (Lipinski definition) is 3. The number of hydrazone groups is 1. The molecule has 0 aliphatic heterocycles. The summed E-state index contributed by atoms with van der Waals surface area (Å²) in [4.78, 5) is 27.0. The largest absolute Gasteiger partial charge is 0.508 e. The molecule has 0 atom stereocenters. The third kappa shape index (κ3) is 4.71. The molecule has 1 heterocycles. The zero-order chi connectivity index (χ0) is 15.8. The summed E-state index contributed by atoms with van der Waals surface area (Å²) >= 11 is 0. The molecule has 1 aromatic heterocycles. The van der Waals surface area contributed by atoms with Gasteiger partial charge in [-0.3, -0.25) is 14.6 Å². The van der Waals surface area contributed by atoms with E-state index in [0.717, 1.165) is 5.56 Å². The topological polar surface area (TPSA) is 104 Å². The van der Waals surface area contributed by atoms with E-state index in [9.17, 15) is 14.7 Å². The molecule has 1 aromatic carbocycles. The molecule has 2 aromatic rings. The van der Waals surface area contributed by atoms with Crippen molar-refractivity contribution in [3.8, 4) is 5.75 Å². The number of carbonyl (C=O) groups excluding carboxylic acids is 2. The number of nitrogens with one attached hydrogen (secondary N) is 2. The van der Waals surface area contributed by atoms with Gasteiger partial charge in [0.15, 0.2) is 0 Å². The molecule has 0 aliphatic carbocycles. The van der Waals surface area contributed by atoms with Gasteiger partial charge in [-0.1, -0.05) is 18.2 Å². The third-order valence-corrected chi connectivity index (χ3v) is 2.63. The Bertz CT molecular complexity index is 686. The Morgan fingerprint density at radius 3 is 2.82 bits per heavy atom. The van der Waals surface area contributed by atoms with Crippen molar-refractivity contribution < 1.29 is 14.7 Å². The van der Waals surface area contributed by atoms with Crippen molar-refractivity contribution in [3.05, 3.63) is 59.9 Å². The summed E-state index contributed by atoms with van der Waals surface area (Å²) < 4.78 is 0. The molecule has 3 N–H and O–H groups in total. The molecule has 112 valence electrons. The lowest BCUT2D eigenvalue weighted by molar-refractivity contribution is -0.139. The van der Waals surface area contributed by atoms with Gasteiger partial charge in [0, 0.05) is 18.9 Å². The first-order valence-corrected chi connectivity index (χ1v) is 6.44. The maximum Gasteiger partial charge on any atom is 0.329 e. The van der Waals surface area contributed by atoms with Crippen LogP contribution in [0.4, 0.5) is 0 Å². The van der Waals surface area contributed by atoms with E-state index in [1.807, 2.05) is 0 Å². The number of rotatable bonds is 4. The van der Waals surface area contributed by atoms with Gasteiger partial charge in [0.1, 0.15) is 5.75 Å². The lowest BCUT2D eigenvalue weighted by atomic mass is 10.2. The highest BCUT2D eigenvalue weighted by Gasteiger charge is 2.11. The van der Waals surface area contributed by atoms with Crippen LogP contribution in [0.3, 0.4) is 0 Å². The molecule has 0 fully saturated rings. The minimum absolute atomic E-state index is 0.0875. The molecule has 0 unspecified atom stereocenters. The molecular formula is C15H14N4O3. The van der Waals surface area contributed by atoms with Crippen LogP contribution in [0.15, 0.2) is 53.9 Å². The Hall–Kier alpha value is -3.22. The van der Waals surface area contributed by atoms with Crippen molar-refractivity contribution in [1.82, 2.24) is 15.7 Å². The quantitative estimate of drug-likeness (QED) is 0.435. The number of benzene rings is 1. The van der Waals surface area contributed by atoms with Crippen LogP contribution in [0, 0.1) is 0 Å². The number of aromatic nitrogens is 1. The molecule has 2 amide bonds. The predicted molar refractivity (Wildman–Crippen MR) is 79.9 cm³/mol. The molecule has 0 radical (unpaired) electrons. The van der Waals surface area contributed by atoms with Crippen LogP contribution in [0.25, 0.3) is 0 Å². The van der Waals surface area contributed by atoms with E-state index < -0.39 is 11.8 Å². The summed E-state index contributed by atoms with van der Waals surface area (Å²) in [5.74, 6) is -1.58. The number of phenols is 1. The number of aromatic hydroxyl groups is 1. The molecule has 0 aliphatic rings. The molecule has 0 saturated heterocycles. The number of phenolic OH excluding ortho intramolecular Hbond substituents is 1. The van der Waals surface area contributed by atoms with E-state index in [-0.39, 0.29) is 12.3 Å². The van der Waals surface area contributed by atoms with Crippen LogP contribution in [-0.2, 0) is 16.1 Å². The number of carbonyl (C=O) groups is 2. The zero-order valence-corrected chi connectivity index (χ0v) is 11.6. The highest BCUT2D eigenvalue weighted by molar-refractivity contribution is 6.35. The van der Waals surface area contributed by atoms with Gasteiger partial charge >= 0.3 is 11.8 Å². The lowest BCUT2D eigenvalue weighted by Gasteiger charge is -2.03. The van der Waals surface area contributed by atoms with E-state index in [1.165, 1.54) is 18.3 Å². The number of nitrogens with zero attached hydrogens (tertiary/aromatic N) is 2. The summed E-state index contributed by atoms with van der Waals surface area (Å²) in [7, 11) is 0. The standard InChI is InChI=1S/C15H14N4O3/c20-13-5-1-3-11(7-13)10-18-19-15(22)14(21)17-9-12-4-2-6-16-8-12/h1-8,10,20H,9H2,(H,17,21)(H,19,22)/b18-10-. The first-order chi connectivity index (χ1) is 10.6. The van der Waals surface area contributed by atoms with Gasteiger partial charge in [-0.25, -0.2) is 5.43 Å². The van der Waals surface area contributed by atoms with E-state index in [4.69, 9.17) is 0 Å². The van der Waals surface area contributed by atoms with Gasteiger partial charge in [-0.05, 0) is 29.3 Å². The summed E-state index contributed by atoms with van der Waals surface area (Å²) in [6, 6.07) is 9.84. The summed E-state index contributed by atoms with van der Waals surface area (Å²) in [5, 5.41) is 15.4. The van der Waals surface area contributed by atoms with Gasteiger partial charge in [0.2, 0.25) is 0 Å². The Morgan fingerprint density at radius 1 is 1.23 bits per heavy atom. The zero-order valence-electron chi connectivity index (χ0n) is 11.6. The minimum Gasteiger partial charge on any atom is -0.508 e. The first-order valence-electron chi connectivity index (χ1n) is 6.44. The van der Waals surface area contributed by atoms with Crippen molar-refractivity contribution >= 4 is 18.0 Å². The normalized spacial score (nSPS) is 10.4. The molecule has 0 spiro atoms. The van der Waals surface area contributed by atoms with Crippen LogP contribution in [0.5, 0.6) is 5.75 Å². The maximum absolute atomic E-state index is 11.6. The number of pyridine rings is 1. The van der Waals surface area contributed by atoms with E-state index >= 15 is 0 Å². The molecule has 0 saturated carbocycles. The van der Waals surface area contributed by atoms with Crippen molar-refractivity contribution in [3.63, 3.8) is 0 Å². The number of amides is 2. The maximum atomic E-state index is 11.6. The van der Waals surface area contributed by atoms with E-state index in [0.29, 0.717) is 5.56 Å². The van der Waals surface area contributed by atoms with Crippen LogP contribution < -0.4 is 10.7 Å². The average molecular weight is 298 g/mol. The fourth-order valence-corrected chi connectivity index (χ4v) is 1.59. The summed E-state index contributed by atoms with van der Waals surface area (Å²) in [6.45, 7) is 0.205. The van der Waals surface area contributed by atoms with Crippen LogP contribution in [0.1, 0.15) is 11.1 Å². The van der Waals surface area contributed by atoms with Gasteiger partial charge < -0.3 is 10.4 Å². The molecule has 0 bridgehead atoms. The monoisotopic (exact) mass is 298 g/mol. The molecular weight excluding hydrogens is 284 g/mol. The second-order valence-electron chi connectivity index (χ2n) is 4.34. The highest BCUT2D eigenvalue weighted by Crippen LogP contribution is 2.08. The second kappa shape index (κ2) is 7.53. The highest BCUT2D eigenvalue weighted by atomic mass is 16.3.